The van der Waals surface area contributed by atoms with Crippen molar-refractivity contribution in [3.05, 3.63) is 41.4 Å². The van der Waals surface area contributed by atoms with Gasteiger partial charge in [-0.25, -0.2) is 9.67 Å². The van der Waals surface area contributed by atoms with E-state index in [1.165, 1.54) is 6.33 Å². The molecule has 5 nitrogen and oxygen atoms in total. The molecule has 0 amide bonds. The highest BCUT2D eigenvalue weighted by Gasteiger charge is 2.04. The summed E-state index contributed by atoms with van der Waals surface area (Å²) in [6.07, 6.45) is 3.07. The third-order valence-corrected chi connectivity index (χ3v) is 2.40. The molecule has 6 heteroatoms. The molecule has 0 fully saturated rings. The van der Waals surface area contributed by atoms with Crippen molar-refractivity contribution in [1.29, 1.82) is 0 Å². The maximum Gasteiger partial charge on any atom is 0.138 e. The van der Waals surface area contributed by atoms with E-state index in [0.29, 0.717) is 11.6 Å². The molecule has 0 bridgehead atoms. The van der Waals surface area contributed by atoms with E-state index < -0.39 is 0 Å². The van der Waals surface area contributed by atoms with Crippen LogP contribution in [0, 0.1) is 0 Å². The molecule has 1 N–H and O–H groups in total. The summed E-state index contributed by atoms with van der Waals surface area (Å²) in [5, 5.41) is 4.65. The number of nitrogens with zero attached hydrogens (tertiary/aromatic N) is 3. The Hall–Kier alpha value is -1.43. The number of rotatable bonds is 4. The standard InChI is InChI=1S/C10H11ClN4O/c1-16-14-5-8-2-3-10(9(11)4-8)15-7-12-6-13-15/h2-4,6-7,14H,5H2,1H3. The lowest BCUT2D eigenvalue weighted by Crippen LogP contribution is -2.10. The topological polar surface area (TPSA) is 52.0 Å². The quantitative estimate of drug-likeness (QED) is 0.822. The minimum absolute atomic E-state index is 0.605. The zero-order valence-corrected chi connectivity index (χ0v) is 9.48. The summed E-state index contributed by atoms with van der Waals surface area (Å²) in [6.45, 7) is 0.605. The van der Waals surface area contributed by atoms with Crippen LogP contribution in [0.5, 0.6) is 0 Å². The maximum atomic E-state index is 6.14. The van der Waals surface area contributed by atoms with Gasteiger partial charge in [-0.1, -0.05) is 17.7 Å². The van der Waals surface area contributed by atoms with Gasteiger partial charge in [-0.15, -0.1) is 0 Å². The normalized spacial score (nSPS) is 10.6. The second-order valence-electron chi connectivity index (χ2n) is 3.15. The van der Waals surface area contributed by atoms with Crippen molar-refractivity contribution in [2.24, 2.45) is 0 Å². The summed E-state index contributed by atoms with van der Waals surface area (Å²) in [7, 11) is 1.57. The first kappa shape index (κ1) is 11.1. The molecule has 0 saturated carbocycles. The Balaban J connectivity index is 2.23. The maximum absolute atomic E-state index is 6.14. The molecule has 0 aliphatic rings. The van der Waals surface area contributed by atoms with Crippen molar-refractivity contribution < 1.29 is 4.84 Å². The highest BCUT2D eigenvalue weighted by molar-refractivity contribution is 6.32. The Morgan fingerprint density at radius 3 is 3.00 bits per heavy atom. The number of benzene rings is 1. The first-order valence-corrected chi connectivity index (χ1v) is 5.08. The fourth-order valence-electron chi connectivity index (χ4n) is 1.33. The minimum Gasteiger partial charge on any atom is -0.305 e. The Morgan fingerprint density at radius 1 is 1.50 bits per heavy atom. The van der Waals surface area contributed by atoms with Gasteiger partial charge in [0.15, 0.2) is 0 Å². The highest BCUT2D eigenvalue weighted by Crippen LogP contribution is 2.20. The van der Waals surface area contributed by atoms with Gasteiger partial charge in [0.05, 0.1) is 17.8 Å². The van der Waals surface area contributed by atoms with Gasteiger partial charge in [-0.05, 0) is 17.7 Å². The predicted molar refractivity (Wildman–Crippen MR) is 60.2 cm³/mol. The third kappa shape index (κ3) is 2.38. The second kappa shape index (κ2) is 5.07. The van der Waals surface area contributed by atoms with Crippen LogP contribution in [0.2, 0.25) is 5.02 Å². The molecule has 2 rings (SSSR count). The first-order valence-electron chi connectivity index (χ1n) is 4.70. The van der Waals surface area contributed by atoms with Gasteiger partial charge in [0.1, 0.15) is 12.7 Å². The molecule has 0 saturated heterocycles. The predicted octanol–water partition coefficient (Wildman–Crippen LogP) is 1.57. The van der Waals surface area contributed by atoms with Gasteiger partial charge in [0.25, 0.3) is 0 Å². The van der Waals surface area contributed by atoms with Crippen LogP contribution in [0.15, 0.2) is 30.9 Å². The van der Waals surface area contributed by atoms with Crippen LogP contribution < -0.4 is 5.48 Å². The molecule has 16 heavy (non-hydrogen) atoms. The number of aromatic nitrogens is 3. The second-order valence-corrected chi connectivity index (χ2v) is 3.56. The van der Waals surface area contributed by atoms with Crippen molar-refractivity contribution in [3.63, 3.8) is 0 Å². The van der Waals surface area contributed by atoms with Crippen molar-refractivity contribution in [2.75, 3.05) is 7.11 Å². The molecule has 0 unspecified atom stereocenters. The molecule has 1 aromatic heterocycles. The first-order chi connectivity index (χ1) is 7.81. The van der Waals surface area contributed by atoms with E-state index in [0.717, 1.165) is 11.3 Å². The summed E-state index contributed by atoms with van der Waals surface area (Å²) in [6, 6.07) is 5.71. The molecule has 0 atom stereocenters. The lowest BCUT2D eigenvalue weighted by atomic mass is 10.2. The van der Waals surface area contributed by atoms with E-state index >= 15 is 0 Å². The number of hydroxylamine groups is 1. The van der Waals surface area contributed by atoms with Gasteiger partial charge in [-0.2, -0.15) is 10.6 Å². The fourth-order valence-corrected chi connectivity index (χ4v) is 1.62. The van der Waals surface area contributed by atoms with Gasteiger partial charge in [0.2, 0.25) is 0 Å². The van der Waals surface area contributed by atoms with Crippen LogP contribution >= 0.6 is 11.6 Å². The van der Waals surface area contributed by atoms with Gasteiger partial charge in [-0.3, -0.25) is 0 Å². The summed E-state index contributed by atoms with van der Waals surface area (Å²) < 4.78 is 1.62. The summed E-state index contributed by atoms with van der Waals surface area (Å²) in [5.41, 5.74) is 4.60. The molecule has 0 aliphatic heterocycles. The number of nitrogens with one attached hydrogen (secondary N) is 1. The van der Waals surface area contributed by atoms with E-state index in [2.05, 4.69) is 15.6 Å². The van der Waals surface area contributed by atoms with Crippen LogP contribution in [0.3, 0.4) is 0 Å². The lowest BCUT2D eigenvalue weighted by molar-refractivity contribution is 0.0867. The molecule has 0 aliphatic carbocycles. The van der Waals surface area contributed by atoms with Crippen LogP contribution in [0.1, 0.15) is 5.56 Å². The highest BCUT2D eigenvalue weighted by atomic mass is 35.5. The monoisotopic (exact) mass is 238 g/mol. The van der Waals surface area contributed by atoms with Crippen molar-refractivity contribution >= 4 is 11.6 Å². The Bertz CT molecular complexity index is 458. The molecule has 0 radical (unpaired) electrons. The van der Waals surface area contributed by atoms with Crippen molar-refractivity contribution in [1.82, 2.24) is 20.2 Å². The molecule has 84 valence electrons. The zero-order chi connectivity index (χ0) is 11.4. The molecule has 1 heterocycles. The smallest absolute Gasteiger partial charge is 0.138 e. The van der Waals surface area contributed by atoms with E-state index in [1.54, 1.807) is 18.1 Å². The van der Waals surface area contributed by atoms with Gasteiger partial charge in [0, 0.05) is 6.54 Å². The molecular formula is C10H11ClN4O. The van der Waals surface area contributed by atoms with Crippen LogP contribution in [0.4, 0.5) is 0 Å². The van der Waals surface area contributed by atoms with Gasteiger partial charge < -0.3 is 4.84 Å². The molecule has 2 aromatic rings. The number of hydrogen-bond donors (Lipinski definition) is 1. The number of halogens is 1. The van der Waals surface area contributed by atoms with Crippen molar-refractivity contribution in [3.8, 4) is 5.69 Å². The number of hydrogen-bond acceptors (Lipinski definition) is 4. The van der Waals surface area contributed by atoms with Crippen LogP contribution in [0.25, 0.3) is 5.69 Å². The Kier molecular flexibility index (Phi) is 3.51. The molecule has 1 aromatic carbocycles. The lowest BCUT2D eigenvalue weighted by Gasteiger charge is -2.06. The largest absolute Gasteiger partial charge is 0.305 e. The Labute approximate surface area is 98.0 Å². The van der Waals surface area contributed by atoms with Crippen LogP contribution in [-0.4, -0.2) is 21.9 Å². The van der Waals surface area contributed by atoms with E-state index in [1.807, 2.05) is 18.2 Å². The van der Waals surface area contributed by atoms with Crippen molar-refractivity contribution in [2.45, 2.75) is 6.54 Å². The molecule has 0 spiro atoms. The summed E-state index contributed by atoms with van der Waals surface area (Å²) in [4.78, 5) is 8.64. The van der Waals surface area contributed by atoms with E-state index in [9.17, 15) is 0 Å². The van der Waals surface area contributed by atoms with E-state index in [-0.39, 0.29) is 0 Å². The van der Waals surface area contributed by atoms with E-state index in [4.69, 9.17) is 16.4 Å². The fraction of sp³-hybridized carbons (Fsp3) is 0.200. The minimum atomic E-state index is 0.605. The van der Waals surface area contributed by atoms with Gasteiger partial charge >= 0.3 is 0 Å². The summed E-state index contributed by atoms with van der Waals surface area (Å²) in [5.74, 6) is 0. The average molecular weight is 239 g/mol. The Morgan fingerprint density at radius 2 is 2.38 bits per heavy atom. The third-order valence-electron chi connectivity index (χ3n) is 2.10. The average Bonchev–Trinajstić information content (AvgIpc) is 2.80. The van der Waals surface area contributed by atoms with Crippen LogP contribution in [-0.2, 0) is 11.4 Å². The summed E-state index contributed by atoms with van der Waals surface area (Å²) >= 11 is 6.14. The molecular weight excluding hydrogens is 228 g/mol. The zero-order valence-electron chi connectivity index (χ0n) is 8.72. The SMILES string of the molecule is CONCc1ccc(-n2cncn2)c(Cl)c1.